The molecule has 0 radical (unpaired) electrons. The minimum absolute atomic E-state index is 0.147. The maximum absolute atomic E-state index is 11.9. The van der Waals surface area contributed by atoms with Crippen molar-refractivity contribution in [3.63, 3.8) is 0 Å². The smallest absolute Gasteiger partial charge is 0.315 e. The van der Waals surface area contributed by atoms with Gasteiger partial charge >= 0.3 is 5.97 Å². The van der Waals surface area contributed by atoms with E-state index in [2.05, 4.69) is 10.3 Å². The van der Waals surface area contributed by atoms with E-state index in [0.29, 0.717) is 13.2 Å². The Labute approximate surface area is 123 Å². The van der Waals surface area contributed by atoms with E-state index in [-0.39, 0.29) is 18.0 Å². The number of fused-ring (bicyclic) bond motifs is 1. The Morgan fingerprint density at radius 2 is 2.35 bits per heavy atom. The molecule has 1 atom stereocenters. The molecule has 1 aromatic heterocycles. The molecule has 2 rings (SSSR count). The van der Waals surface area contributed by atoms with Gasteiger partial charge in [0.25, 0.3) is 0 Å². The fraction of sp³-hybridized carbons (Fsp3) is 0.714. The van der Waals surface area contributed by atoms with E-state index < -0.39 is 0 Å². The Balaban J connectivity index is 1.89. The van der Waals surface area contributed by atoms with Crippen LogP contribution in [0.3, 0.4) is 0 Å². The summed E-state index contributed by atoms with van der Waals surface area (Å²) in [6.07, 6.45) is 1.98. The maximum Gasteiger partial charge on any atom is 0.315 e. The highest BCUT2D eigenvalue weighted by Crippen LogP contribution is 2.38. The first-order chi connectivity index (χ1) is 9.61. The molecule has 0 amide bonds. The number of anilines is 1. The van der Waals surface area contributed by atoms with Crippen molar-refractivity contribution in [2.24, 2.45) is 0 Å². The molecule has 0 saturated carbocycles. The van der Waals surface area contributed by atoms with Gasteiger partial charge in [-0.05, 0) is 33.6 Å². The summed E-state index contributed by atoms with van der Waals surface area (Å²) < 4.78 is 10.6. The maximum atomic E-state index is 11.9. The van der Waals surface area contributed by atoms with Gasteiger partial charge in [-0.3, -0.25) is 4.79 Å². The van der Waals surface area contributed by atoms with Crippen molar-refractivity contribution in [2.45, 2.75) is 45.6 Å². The molecule has 20 heavy (non-hydrogen) atoms. The number of rotatable bonds is 7. The number of carbonyl (C=O) groups is 1. The quantitative estimate of drug-likeness (QED) is 0.619. The zero-order valence-electron chi connectivity index (χ0n) is 12.3. The Morgan fingerprint density at radius 1 is 1.55 bits per heavy atom. The number of aromatic nitrogens is 1. The molecule has 6 heteroatoms. The third-order valence-electron chi connectivity index (χ3n) is 3.12. The highest BCUT2D eigenvalue weighted by molar-refractivity contribution is 7.15. The lowest BCUT2D eigenvalue weighted by molar-refractivity contribution is -0.145. The average Bonchev–Trinajstić information content (AvgIpc) is 2.94. The van der Waals surface area contributed by atoms with Crippen LogP contribution in [0, 0.1) is 0 Å². The van der Waals surface area contributed by atoms with Crippen LogP contribution < -0.4 is 5.32 Å². The topological polar surface area (TPSA) is 60.5 Å². The molecule has 0 bridgehead atoms. The first kappa shape index (κ1) is 15.3. The van der Waals surface area contributed by atoms with Crippen LogP contribution in [0.5, 0.6) is 0 Å². The van der Waals surface area contributed by atoms with Crippen molar-refractivity contribution in [3.05, 3.63) is 10.6 Å². The van der Waals surface area contributed by atoms with Crippen molar-refractivity contribution in [2.75, 3.05) is 25.1 Å². The summed E-state index contributed by atoms with van der Waals surface area (Å²) in [5.41, 5.74) is 0.903. The molecule has 1 heterocycles. The van der Waals surface area contributed by atoms with E-state index in [4.69, 9.17) is 9.47 Å². The zero-order chi connectivity index (χ0) is 14.5. The summed E-state index contributed by atoms with van der Waals surface area (Å²) in [5.74, 6) is -0.324. The second-order valence-corrected chi connectivity index (χ2v) is 6.10. The number of hydrogen-bond donors (Lipinski definition) is 1. The SMILES string of the molecule is CCOC(=O)C1CCc2sc(NCCOC(C)C)nc21. The van der Waals surface area contributed by atoms with Crippen molar-refractivity contribution >= 4 is 22.4 Å². The minimum atomic E-state index is -0.177. The second kappa shape index (κ2) is 7.04. The molecule has 112 valence electrons. The number of carbonyl (C=O) groups excluding carboxylic acids is 1. The highest BCUT2D eigenvalue weighted by Gasteiger charge is 2.33. The summed E-state index contributed by atoms with van der Waals surface area (Å²) in [6, 6.07) is 0. The lowest BCUT2D eigenvalue weighted by Gasteiger charge is -2.09. The van der Waals surface area contributed by atoms with Crippen molar-refractivity contribution in [1.82, 2.24) is 4.98 Å². The molecule has 1 unspecified atom stereocenters. The van der Waals surface area contributed by atoms with Crippen LogP contribution in [0.15, 0.2) is 0 Å². The third-order valence-corrected chi connectivity index (χ3v) is 4.21. The molecule has 1 aliphatic rings. The fourth-order valence-electron chi connectivity index (χ4n) is 2.23. The molecule has 1 N–H and O–H groups in total. The molecular weight excluding hydrogens is 276 g/mol. The van der Waals surface area contributed by atoms with Gasteiger partial charge in [0.2, 0.25) is 0 Å². The molecule has 1 aromatic rings. The normalized spacial score (nSPS) is 17.3. The second-order valence-electron chi connectivity index (χ2n) is 5.02. The van der Waals surface area contributed by atoms with E-state index in [0.717, 1.165) is 30.2 Å². The number of thiazole rings is 1. The summed E-state index contributed by atoms with van der Waals surface area (Å²) in [7, 11) is 0. The molecule has 0 saturated heterocycles. The molecule has 1 aliphatic carbocycles. The summed E-state index contributed by atoms with van der Waals surface area (Å²) >= 11 is 1.63. The van der Waals surface area contributed by atoms with E-state index in [1.54, 1.807) is 11.3 Å². The van der Waals surface area contributed by atoms with Gasteiger partial charge in [0.15, 0.2) is 5.13 Å². The van der Waals surface area contributed by atoms with Gasteiger partial charge in [0.05, 0.1) is 25.0 Å². The van der Waals surface area contributed by atoms with Gasteiger partial charge in [-0.2, -0.15) is 0 Å². The molecule has 0 fully saturated rings. The number of nitrogens with zero attached hydrogens (tertiary/aromatic N) is 1. The van der Waals surface area contributed by atoms with Gasteiger partial charge < -0.3 is 14.8 Å². The van der Waals surface area contributed by atoms with E-state index in [1.807, 2.05) is 20.8 Å². The van der Waals surface area contributed by atoms with Gasteiger partial charge in [-0.15, -0.1) is 11.3 Å². The molecule has 0 spiro atoms. The standard InChI is InChI=1S/C14H22N2O3S/c1-4-18-13(17)10-5-6-11-12(10)16-14(20-11)15-7-8-19-9(2)3/h9-10H,4-8H2,1-3H3,(H,15,16). The van der Waals surface area contributed by atoms with Crippen LogP contribution in [0.4, 0.5) is 5.13 Å². The zero-order valence-corrected chi connectivity index (χ0v) is 13.1. The van der Waals surface area contributed by atoms with Crippen molar-refractivity contribution in [3.8, 4) is 0 Å². The molecular formula is C14H22N2O3S. The van der Waals surface area contributed by atoms with Crippen LogP contribution >= 0.6 is 11.3 Å². The summed E-state index contributed by atoms with van der Waals surface area (Å²) in [4.78, 5) is 17.6. The Hall–Kier alpha value is -1.14. The number of esters is 1. The number of ether oxygens (including phenoxy) is 2. The van der Waals surface area contributed by atoms with Crippen molar-refractivity contribution < 1.29 is 14.3 Å². The fourth-order valence-corrected chi connectivity index (χ4v) is 3.29. The first-order valence-corrected chi connectivity index (χ1v) is 7.95. The Morgan fingerprint density at radius 3 is 3.05 bits per heavy atom. The lowest BCUT2D eigenvalue weighted by atomic mass is 10.1. The first-order valence-electron chi connectivity index (χ1n) is 7.13. The van der Waals surface area contributed by atoms with E-state index in [1.165, 1.54) is 4.88 Å². The number of aryl methyl sites for hydroxylation is 1. The number of nitrogens with one attached hydrogen (secondary N) is 1. The lowest BCUT2D eigenvalue weighted by Crippen LogP contribution is -2.15. The van der Waals surface area contributed by atoms with Gasteiger partial charge in [-0.25, -0.2) is 4.98 Å². The molecule has 5 nitrogen and oxygen atoms in total. The van der Waals surface area contributed by atoms with Crippen LogP contribution in [0.25, 0.3) is 0 Å². The minimum Gasteiger partial charge on any atom is -0.465 e. The molecule has 0 aliphatic heterocycles. The third kappa shape index (κ3) is 3.70. The van der Waals surface area contributed by atoms with Gasteiger partial charge in [0.1, 0.15) is 5.92 Å². The van der Waals surface area contributed by atoms with Crippen LogP contribution in [0.1, 0.15) is 43.7 Å². The van der Waals surface area contributed by atoms with E-state index >= 15 is 0 Å². The Kier molecular flexibility index (Phi) is 5.37. The highest BCUT2D eigenvalue weighted by atomic mass is 32.1. The number of hydrogen-bond acceptors (Lipinski definition) is 6. The van der Waals surface area contributed by atoms with Crippen LogP contribution in [-0.4, -0.2) is 36.8 Å². The Bertz CT molecular complexity index is 459. The van der Waals surface area contributed by atoms with Crippen LogP contribution in [0.2, 0.25) is 0 Å². The van der Waals surface area contributed by atoms with Gasteiger partial charge in [-0.1, -0.05) is 0 Å². The monoisotopic (exact) mass is 298 g/mol. The largest absolute Gasteiger partial charge is 0.465 e. The predicted molar refractivity (Wildman–Crippen MR) is 79.4 cm³/mol. The average molecular weight is 298 g/mol. The van der Waals surface area contributed by atoms with Crippen molar-refractivity contribution in [1.29, 1.82) is 0 Å². The predicted octanol–water partition coefficient (Wildman–Crippen LogP) is 2.57. The van der Waals surface area contributed by atoms with E-state index in [9.17, 15) is 4.79 Å². The van der Waals surface area contributed by atoms with Gasteiger partial charge in [0, 0.05) is 11.4 Å². The summed E-state index contributed by atoms with van der Waals surface area (Å²) in [6.45, 7) is 7.67. The molecule has 0 aromatic carbocycles. The summed E-state index contributed by atoms with van der Waals surface area (Å²) in [5, 5.41) is 4.12. The van der Waals surface area contributed by atoms with Crippen LogP contribution in [-0.2, 0) is 20.7 Å².